The second-order valence-corrected chi connectivity index (χ2v) is 4.17. The second-order valence-electron chi connectivity index (χ2n) is 4.17. The molecule has 0 amide bonds. The molecule has 0 heteroatoms. The Labute approximate surface area is 94.0 Å². The molecule has 0 saturated carbocycles. The highest BCUT2D eigenvalue weighted by molar-refractivity contribution is 5.47. The molecular formula is C15H22. The van der Waals surface area contributed by atoms with Gasteiger partial charge in [0.15, 0.2) is 0 Å². The third-order valence-corrected chi connectivity index (χ3v) is 3.21. The van der Waals surface area contributed by atoms with E-state index in [1.807, 2.05) is 6.08 Å². The van der Waals surface area contributed by atoms with Crippen LogP contribution in [0.15, 0.2) is 30.8 Å². The van der Waals surface area contributed by atoms with Crippen molar-refractivity contribution in [3.63, 3.8) is 0 Å². The van der Waals surface area contributed by atoms with E-state index in [9.17, 15) is 0 Å². The molecule has 15 heavy (non-hydrogen) atoms. The summed E-state index contributed by atoms with van der Waals surface area (Å²) < 4.78 is 0. The van der Waals surface area contributed by atoms with E-state index in [0.717, 1.165) is 5.92 Å². The van der Waals surface area contributed by atoms with E-state index in [2.05, 4.69) is 44.7 Å². The van der Waals surface area contributed by atoms with Gasteiger partial charge in [0.2, 0.25) is 0 Å². The van der Waals surface area contributed by atoms with Crippen LogP contribution >= 0.6 is 0 Å². The van der Waals surface area contributed by atoms with Crippen molar-refractivity contribution in [2.75, 3.05) is 0 Å². The highest BCUT2D eigenvalue weighted by atomic mass is 14.1. The Kier molecular flexibility index (Phi) is 5.17. The van der Waals surface area contributed by atoms with Crippen LogP contribution in [-0.2, 0) is 6.42 Å². The maximum absolute atomic E-state index is 3.76. The molecule has 0 N–H and O–H groups in total. The molecule has 0 aliphatic heterocycles. The van der Waals surface area contributed by atoms with E-state index < -0.39 is 0 Å². The fourth-order valence-electron chi connectivity index (χ4n) is 1.89. The maximum atomic E-state index is 3.76. The predicted molar refractivity (Wildman–Crippen MR) is 68.9 cm³/mol. The van der Waals surface area contributed by atoms with Gasteiger partial charge in [0.1, 0.15) is 0 Å². The van der Waals surface area contributed by atoms with E-state index in [1.54, 1.807) is 0 Å². The van der Waals surface area contributed by atoms with Gasteiger partial charge in [-0.05, 0) is 29.9 Å². The maximum Gasteiger partial charge on any atom is -0.0262 e. The SMILES string of the molecule is C=Cc1ccc(CCC(CC)CC)cc1. The van der Waals surface area contributed by atoms with Crippen molar-refractivity contribution in [2.45, 2.75) is 39.5 Å². The second kappa shape index (κ2) is 6.44. The van der Waals surface area contributed by atoms with Gasteiger partial charge in [-0.1, -0.05) is 63.6 Å². The summed E-state index contributed by atoms with van der Waals surface area (Å²) in [6.45, 7) is 8.33. The molecule has 0 heterocycles. The van der Waals surface area contributed by atoms with Gasteiger partial charge in [-0.15, -0.1) is 0 Å². The van der Waals surface area contributed by atoms with Crippen LogP contribution in [0.3, 0.4) is 0 Å². The third-order valence-electron chi connectivity index (χ3n) is 3.21. The molecule has 0 radical (unpaired) electrons. The minimum absolute atomic E-state index is 0.893. The lowest BCUT2D eigenvalue weighted by Gasteiger charge is -2.11. The largest absolute Gasteiger partial charge is 0.0985 e. The molecule has 0 aliphatic carbocycles. The Hall–Kier alpha value is -1.04. The van der Waals surface area contributed by atoms with Gasteiger partial charge in [0.05, 0.1) is 0 Å². The number of aryl methyl sites for hydroxylation is 1. The fourth-order valence-corrected chi connectivity index (χ4v) is 1.89. The molecule has 1 aromatic carbocycles. The van der Waals surface area contributed by atoms with E-state index in [1.165, 1.54) is 36.8 Å². The molecule has 0 unspecified atom stereocenters. The Morgan fingerprint density at radius 1 is 1.13 bits per heavy atom. The summed E-state index contributed by atoms with van der Waals surface area (Å²) in [5, 5.41) is 0. The molecule has 1 rings (SSSR count). The smallest absolute Gasteiger partial charge is 0.0262 e. The van der Waals surface area contributed by atoms with Crippen molar-refractivity contribution >= 4 is 6.08 Å². The van der Waals surface area contributed by atoms with Crippen molar-refractivity contribution < 1.29 is 0 Å². The average molecular weight is 202 g/mol. The Bertz CT molecular complexity index is 277. The zero-order valence-corrected chi connectivity index (χ0v) is 10.00. The molecule has 0 atom stereocenters. The summed E-state index contributed by atoms with van der Waals surface area (Å²) in [6.07, 6.45) is 7.04. The lowest BCUT2D eigenvalue weighted by Crippen LogP contribution is -1.99. The highest BCUT2D eigenvalue weighted by Gasteiger charge is 2.03. The summed E-state index contributed by atoms with van der Waals surface area (Å²) in [7, 11) is 0. The Balaban J connectivity index is 2.46. The quantitative estimate of drug-likeness (QED) is 0.627. The zero-order chi connectivity index (χ0) is 11.1. The molecule has 0 spiro atoms. The predicted octanol–water partition coefficient (Wildman–Crippen LogP) is 4.70. The monoisotopic (exact) mass is 202 g/mol. The van der Waals surface area contributed by atoms with Crippen LogP contribution in [0.25, 0.3) is 6.08 Å². The third kappa shape index (κ3) is 3.91. The van der Waals surface area contributed by atoms with E-state index in [-0.39, 0.29) is 0 Å². The number of benzene rings is 1. The minimum Gasteiger partial charge on any atom is -0.0985 e. The van der Waals surface area contributed by atoms with Crippen molar-refractivity contribution in [1.29, 1.82) is 0 Å². The van der Waals surface area contributed by atoms with Crippen LogP contribution in [0.5, 0.6) is 0 Å². The average Bonchev–Trinajstić information content (AvgIpc) is 2.31. The molecule has 82 valence electrons. The molecule has 0 aromatic heterocycles. The molecular weight excluding hydrogens is 180 g/mol. The van der Waals surface area contributed by atoms with E-state index in [4.69, 9.17) is 0 Å². The van der Waals surface area contributed by atoms with Gasteiger partial charge >= 0.3 is 0 Å². The van der Waals surface area contributed by atoms with Crippen LogP contribution < -0.4 is 0 Å². The fraction of sp³-hybridized carbons (Fsp3) is 0.467. The van der Waals surface area contributed by atoms with Crippen LogP contribution in [0.4, 0.5) is 0 Å². The Morgan fingerprint density at radius 3 is 2.20 bits per heavy atom. The molecule has 0 bridgehead atoms. The normalized spacial score (nSPS) is 10.6. The van der Waals surface area contributed by atoms with Crippen LogP contribution in [-0.4, -0.2) is 0 Å². The molecule has 0 aliphatic rings. The molecule has 0 fully saturated rings. The number of hydrogen-bond donors (Lipinski definition) is 0. The van der Waals surface area contributed by atoms with E-state index >= 15 is 0 Å². The van der Waals surface area contributed by atoms with Gasteiger partial charge in [0, 0.05) is 0 Å². The van der Waals surface area contributed by atoms with Crippen molar-refractivity contribution in [2.24, 2.45) is 5.92 Å². The summed E-state index contributed by atoms with van der Waals surface area (Å²) in [6, 6.07) is 8.74. The van der Waals surface area contributed by atoms with Crippen molar-refractivity contribution in [1.82, 2.24) is 0 Å². The van der Waals surface area contributed by atoms with Gasteiger partial charge in [-0.2, -0.15) is 0 Å². The lowest BCUT2D eigenvalue weighted by atomic mass is 9.95. The van der Waals surface area contributed by atoms with Crippen LogP contribution in [0, 0.1) is 5.92 Å². The highest BCUT2D eigenvalue weighted by Crippen LogP contribution is 2.16. The molecule has 1 aromatic rings. The van der Waals surface area contributed by atoms with Gasteiger partial charge < -0.3 is 0 Å². The van der Waals surface area contributed by atoms with Gasteiger partial charge in [-0.25, -0.2) is 0 Å². The van der Waals surface area contributed by atoms with Gasteiger partial charge in [0.25, 0.3) is 0 Å². The summed E-state index contributed by atoms with van der Waals surface area (Å²) in [5.41, 5.74) is 2.66. The first-order chi connectivity index (χ1) is 7.30. The Morgan fingerprint density at radius 2 is 1.73 bits per heavy atom. The lowest BCUT2D eigenvalue weighted by molar-refractivity contribution is 0.456. The molecule has 0 saturated heterocycles. The summed E-state index contributed by atoms with van der Waals surface area (Å²) >= 11 is 0. The topological polar surface area (TPSA) is 0 Å². The number of rotatable bonds is 6. The van der Waals surface area contributed by atoms with Crippen LogP contribution in [0.2, 0.25) is 0 Å². The summed E-state index contributed by atoms with van der Waals surface area (Å²) in [4.78, 5) is 0. The van der Waals surface area contributed by atoms with E-state index in [0.29, 0.717) is 0 Å². The molecule has 0 nitrogen and oxygen atoms in total. The first-order valence-corrected chi connectivity index (χ1v) is 6.01. The van der Waals surface area contributed by atoms with Crippen molar-refractivity contribution in [3.8, 4) is 0 Å². The number of hydrogen-bond acceptors (Lipinski definition) is 0. The zero-order valence-electron chi connectivity index (χ0n) is 10.00. The minimum atomic E-state index is 0.893. The standard InChI is InChI=1S/C15H22/c1-4-13(5-2)7-10-15-11-8-14(6-3)9-12-15/h6,8-9,11-13H,3-5,7,10H2,1-2H3. The van der Waals surface area contributed by atoms with Crippen LogP contribution in [0.1, 0.15) is 44.2 Å². The van der Waals surface area contributed by atoms with Crippen molar-refractivity contribution in [3.05, 3.63) is 42.0 Å². The van der Waals surface area contributed by atoms with Gasteiger partial charge in [-0.3, -0.25) is 0 Å². The summed E-state index contributed by atoms with van der Waals surface area (Å²) in [5.74, 6) is 0.893. The first kappa shape index (κ1) is 12.0. The first-order valence-electron chi connectivity index (χ1n) is 6.01.